The molecule has 0 bridgehead atoms. The zero-order valence-corrected chi connectivity index (χ0v) is 29.0. The van der Waals surface area contributed by atoms with Gasteiger partial charge in [0.2, 0.25) is 5.28 Å². The van der Waals surface area contributed by atoms with Crippen molar-refractivity contribution in [3.8, 4) is 16.9 Å². The minimum atomic E-state index is -4.72. The predicted octanol–water partition coefficient (Wildman–Crippen LogP) is 6.13. The first-order chi connectivity index (χ1) is 22.5. The number of hydrogen-bond donors (Lipinski definition) is 1. The molecule has 18 heteroatoms. The molecule has 1 unspecified atom stereocenters. The number of nitrogens with zero attached hydrogens (tertiary/aromatic N) is 5. The maximum absolute atomic E-state index is 13.5. The third-order valence-corrected chi connectivity index (χ3v) is 7.95. The van der Waals surface area contributed by atoms with Crippen LogP contribution in [-0.2, 0) is 35.3 Å². The largest absolute Gasteiger partial charge is 0.569 e. The molecule has 1 atom stereocenters. The van der Waals surface area contributed by atoms with Gasteiger partial charge >= 0.3 is 18.2 Å². The van der Waals surface area contributed by atoms with Gasteiger partial charge in [-0.25, -0.2) is 22.6 Å². The molecule has 0 saturated heterocycles. The van der Waals surface area contributed by atoms with Crippen LogP contribution >= 0.6 is 0 Å². The van der Waals surface area contributed by atoms with E-state index in [0.717, 1.165) is 33.5 Å². The number of halogens is 3. The Bertz CT molecular complexity index is 1760. The van der Waals surface area contributed by atoms with Crippen molar-refractivity contribution in [2.24, 2.45) is 10.7 Å². The third kappa shape index (κ3) is 10.6. The van der Waals surface area contributed by atoms with E-state index < -0.39 is 57.8 Å². The van der Waals surface area contributed by atoms with Crippen molar-refractivity contribution in [1.82, 2.24) is 19.5 Å². The average molecular weight is 713 g/mol. The number of aromatic nitrogens is 2. The molecular weight excluding hydrogens is 673 g/mol. The molecule has 1 N–H and O–H groups in total. The lowest BCUT2D eigenvalue weighted by Crippen LogP contribution is -2.48. The Kier molecular flexibility index (Phi) is 11.6. The Morgan fingerprint density at radius 2 is 1.63 bits per heavy atom. The molecular formula is C31H39F3N6O8S. The first-order valence-corrected chi connectivity index (χ1v) is 16.3. The van der Waals surface area contributed by atoms with Crippen LogP contribution in [0.1, 0.15) is 59.7 Å². The van der Waals surface area contributed by atoms with Crippen LogP contribution in [0.15, 0.2) is 64.8 Å². The summed E-state index contributed by atoms with van der Waals surface area (Å²) in [6.45, 7) is 12.4. The van der Waals surface area contributed by atoms with Crippen molar-refractivity contribution in [3.05, 3.63) is 71.1 Å². The molecule has 1 aromatic heterocycles. The van der Waals surface area contributed by atoms with Gasteiger partial charge in [-0.05, 0) is 78.8 Å². The number of sulfonamides is 1. The number of aryl methyl sites for hydroxylation is 1. The second-order valence-corrected chi connectivity index (χ2v) is 14.6. The molecule has 0 fully saturated rings. The van der Waals surface area contributed by atoms with Crippen molar-refractivity contribution in [2.75, 3.05) is 13.2 Å². The monoisotopic (exact) mass is 712 g/mol. The van der Waals surface area contributed by atoms with Gasteiger partial charge in [-0.3, -0.25) is 9.63 Å². The van der Waals surface area contributed by atoms with Crippen molar-refractivity contribution in [3.63, 3.8) is 0 Å². The number of rotatable bonds is 11. The van der Waals surface area contributed by atoms with E-state index in [9.17, 15) is 36.4 Å². The van der Waals surface area contributed by atoms with Crippen LogP contribution in [0.3, 0.4) is 0 Å². The maximum atomic E-state index is 13.5. The Morgan fingerprint density at radius 1 is 1.04 bits per heavy atom. The molecule has 2 aromatic carbocycles. The van der Waals surface area contributed by atoms with E-state index in [0.29, 0.717) is 5.56 Å². The highest BCUT2D eigenvalue weighted by molar-refractivity contribution is 7.90. The molecule has 0 aliphatic carbocycles. The second kappa shape index (κ2) is 14.7. The van der Waals surface area contributed by atoms with Crippen molar-refractivity contribution in [2.45, 2.75) is 78.3 Å². The highest BCUT2D eigenvalue weighted by Gasteiger charge is 2.35. The van der Waals surface area contributed by atoms with Crippen LogP contribution in [0.25, 0.3) is 16.9 Å². The molecule has 268 valence electrons. The summed E-state index contributed by atoms with van der Waals surface area (Å²) in [5.41, 5.74) is -1.20. The standard InChI is InChI=1S/C31H39F3N6O8S/c1-20-9-11-22(12-10-20)25-19-26(31(32,33)34)35-39(25)23-13-15-24(16-14-23)49(44,45)36-28(42)46-18-17-38(30(6,7)8)40(43)37-48-21(2)47-27(41)29(3,4)5/h9-16,19,21H,17-18H2,1-8H3,(H,36,42). The van der Waals surface area contributed by atoms with Gasteiger partial charge in [0, 0.05) is 12.5 Å². The number of nitrogens with one attached hydrogen (secondary N) is 1. The number of hydrogen-bond acceptors (Lipinski definition) is 10. The van der Waals surface area contributed by atoms with Crippen LogP contribution in [-0.4, -0.2) is 65.2 Å². The molecule has 0 spiro atoms. The molecule has 0 radical (unpaired) electrons. The molecule has 1 amide bonds. The normalized spacial score (nSPS) is 13.4. The number of carbonyl (C=O) groups is 2. The van der Waals surface area contributed by atoms with E-state index in [2.05, 4.69) is 10.4 Å². The van der Waals surface area contributed by atoms with E-state index in [4.69, 9.17) is 14.3 Å². The Morgan fingerprint density at radius 3 is 2.16 bits per heavy atom. The molecule has 0 saturated carbocycles. The Balaban J connectivity index is 1.67. The van der Waals surface area contributed by atoms with Gasteiger partial charge in [-0.15, -0.1) is 5.01 Å². The van der Waals surface area contributed by atoms with Crippen LogP contribution in [0.2, 0.25) is 0 Å². The summed E-state index contributed by atoms with van der Waals surface area (Å²) in [5, 5.41) is 20.9. The highest BCUT2D eigenvalue weighted by Crippen LogP contribution is 2.33. The summed E-state index contributed by atoms with van der Waals surface area (Å²) >= 11 is 0. The van der Waals surface area contributed by atoms with Gasteiger partial charge in [0.05, 0.1) is 32.2 Å². The van der Waals surface area contributed by atoms with Gasteiger partial charge in [0.15, 0.2) is 5.69 Å². The highest BCUT2D eigenvalue weighted by atomic mass is 32.2. The van der Waals surface area contributed by atoms with E-state index in [1.165, 1.54) is 19.1 Å². The van der Waals surface area contributed by atoms with Crippen LogP contribution in [0.4, 0.5) is 18.0 Å². The van der Waals surface area contributed by atoms with Gasteiger partial charge in [0.25, 0.3) is 16.3 Å². The molecule has 3 aromatic rings. The Hall–Kier alpha value is -4.87. The fourth-order valence-electron chi connectivity index (χ4n) is 4.01. The van der Waals surface area contributed by atoms with E-state index in [-0.39, 0.29) is 27.8 Å². The number of alkyl halides is 3. The van der Waals surface area contributed by atoms with Crippen LogP contribution in [0, 0.1) is 17.5 Å². The van der Waals surface area contributed by atoms with Gasteiger partial charge in [-0.2, -0.15) is 18.3 Å². The topological polar surface area (TPSA) is 167 Å². The predicted molar refractivity (Wildman–Crippen MR) is 169 cm³/mol. The number of amides is 1. The smallest absolute Gasteiger partial charge is 0.435 e. The van der Waals surface area contributed by atoms with Gasteiger partial charge < -0.3 is 14.7 Å². The molecule has 49 heavy (non-hydrogen) atoms. The lowest BCUT2D eigenvalue weighted by atomic mass is 9.97. The SMILES string of the molecule is Cc1ccc(-c2cc(C(F)(F)F)nn2-c2ccc(S(=O)(=O)NC(=O)OCCN([N+]([O-])=NOC(C)OC(=O)C(C)(C)C)C(C)(C)C)cc2)cc1. The van der Waals surface area contributed by atoms with E-state index >= 15 is 0 Å². The summed E-state index contributed by atoms with van der Waals surface area (Å²) in [6, 6.07) is 12.3. The minimum Gasteiger partial charge on any atom is -0.569 e. The summed E-state index contributed by atoms with van der Waals surface area (Å²) in [4.78, 5) is 29.1. The lowest BCUT2D eigenvalue weighted by molar-refractivity contribution is -0.727. The number of esters is 1. The van der Waals surface area contributed by atoms with Crippen LogP contribution in [0.5, 0.6) is 0 Å². The van der Waals surface area contributed by atoms with Gasteiger partial charge in [0.1, 0.15) is 13.2 Å². The fourth-order valence-corrected chi connectivity index (χ4v) is 4.90. The summed E-state index contributed by atoms with van der Waals surface area (Å²) in [5.74, 6) is -0.574. The van der Waals surface area contributed by atoms with Gasteiger partial charge in [-0.1, -0.05) is 29.8 Å². The summed E-state index contributed by atoms with van der Waals surface area (Å²) in [6.07, 6.45) is -7.26. The summed E-state index contributed by atoms with van der Waals surface area (Å²) in [7, 11) is -4.48. The number of hydrazine groups is 1. The Labute approximate surface area is 282 Å². The first-order valence-electron chi connectivity index (χ1n) is 14.9. The average Bonchev–Trinajstić information content (AvgIpc) is 3.44. The van der Waals surface area contributed by atoms with Crippen molar-refractivity contribution >= 4 is 22.1 Å². The van der Waals surface area contributed by atoms with Crippen molar-refractivity contribution < 1.29 is 50.5 Å². The van der Waals surface area contributed by atoms with E-state index in [1.807, 2.05) is 6.92 Å². The summed E-state index contributed by atoms with van der Waals surface area (Å²) < 4.78 is 79.2. The number of benzene rings is 2. The molecule has 0 aliphatic heterocycles. The lowest BCUT2D eigenvalue weighted by Gasteiger charge is -2.30. The number of carbonyl (C=O) groups excluding carboxylic acids is 2. The third-order valence-electron chi connectivity index (χ3n) is 6.62. The zero-order valence-electron chi connectivity index (χ0n) is 28.2. The zero-order chi connectivity index (χ0) is 36.9. The van der Waals surface area contributed by atoms with Crippen LogP contribution < -0.4 is 4.72 Å². The molecule has 3 rings (SSSR count). The second-order valence-electron chi connectivity index (χ2n) is 12.9. The maximum Gasteiger partial charge on any atom is 0.435 e. The molecule has 1 heterocycles. The number of ether oxygens (including phenoxy) is 2. The first kappa shape index (κ1) is 38.6. The fraction of sp³-hybridized carbons (Fsp3) is 0.452. The minimum absolute atomic E-state index is 0.0858. The molecule has 0 aliphatic rings. The van der Waals surface area contributed by atoms with E-state index in [1.54, 1.807) is 70.5 Å². The van der Waals surface area contributed by atoms with Crippen molar-refractivity contribution in [1.29, 1.82) is 0 Å². The quantitative estimate of drug-likeness (QED) is 0.0804. The molecule has 14 nitrogen and oxygen atoms in total.